The highest BCUT2D eigenvalue weighted by molar-refractivity contribution is 6.26. The quantitative estimate of drug-likeness (QED) is 0.365. The zero-order valence-electron chi connectivity index (χ0n) is 13.9. The molecule has 0 bridgehead atoms. The molecule has 3 nitrogen and oxygen atoms in total. The van der Waals surface area contributed by atoms with Gasteiger partial charge in [-0.15, -0.1) is 0 Å². The summed E-state index contributed by atoms with van der Waals surface area (Å²) in [5.74, 6) is 0. The Hall–Kier alpha value is -3.59. The summed E-state index contributed by atoms with van der Waals surface area (Å²) in [4.78, 5) is 4.62. The maximum absolute atomic E-state index is 6.29. The van der Waals surface area contributed by atoms with E-state index in [-0.39, 0.29) is 0 Å². The fourth-order valence-corrected chi connectivity index (χ4v) is 4.01. The lowest BCUT2D eigenvalue weighted by molar-refractivity contribution is 0.662. The van der Waals surface area contributed by atoms with Crippen LogP contribution in [0.15, 0.2) is 89.5 Å². The monoisotopic (exact) mass is 334 g/mol. The lowest BCUT2D eigenvalue weighted by atomic mass is 10.1. The number of hydrogen-bond donors (Lipinski definition) is 0. The summed E-state index contributed by atoms with van der Waals surface area (Å²) < 4.78 is 8.59. The van der Waals surface area contributed by atoms with Crippen LogP contribution < -0.4 is 0 Å². The molecule has 0 unspecified atom stereocenters. The summed E-state index contributed by atoms with van der Waals surface area (Å²) in [5.41, 5.74) is 6.02. The van der Waals surface area contributed by atoms with Gasteiger partial charge in [-0.05, 0) is 42.5 Å². The molecule has 0 aliphatic heterocycles. The number of hydrogen-bond acceptors (Lipinski definition) is 2. The van der Waals surface area contributed by atoms with E-state index >= 15 is 0 Å². The molecule has 0 amide bonds. The first kappa shape index (κ1) is 13.7. The summed E-state index contributed by atoms with van der Waals surface area (Å²) in [6.45, 7) is 0. The lowest BCUT2D eigenvalue weighted by Gasteiger charge is -2.07. The minimum absolute atomic E-state index is 0.801. The van der Waals surface area contributed by atoms with Crippen molar-refractivity contribution in [2.24, 2.45) is 0 Å². The molecule has 3 heterocycles. The second-order valence-corrected chi connectivity index (χ2v) is 6.47. The van der Waals surface area contributed by atoms with Crippen molar-refractivity contribution in [2.45, 2.75) is 0 Å². The van der Waals surface area contributed by atoms with E-state index in [0.717, 1.165) is 38.7 Å². The van der Waals surface area contributed by atoms with Gasteiger partial charge in [0.1, 0.15) is 11.1 Å². The molecule has 3 heteroatoms. The van der Waals surface area contributed by atoms with Crippen molar-refractivity contribution in [3.05, 3.63) is 85.1 Å². The van der Waals surface area contributed by atoms with Gasteiger partial charge < -0.3 is 8.98 Å². The first-order valence-electron chi connectivity index (χ1n) is 8.66. The van der Waals surface area contributed by atoms with Crippen molar-refractivity contribution >= 4 is 43.9 Å². The average molecular weight is 334 g/mol. The van der Waals surface area contributed by atoms with Gasteiger partial charge in [0.25, 0.3) is 0 Å². The standard InChI is InChI=1S/C23H14N2O/c1-2-7-15(8-3-1)25-17-10-4-9-16-21(17)22-18(25)11-5-12-19(22)26-20-13-6-14-24-23(16)20/h1-14H. The summed E-state index contributed by atoms with van der Waals surface area (Å²) in [7, 11) is 0. The average Bonchev–Trinajstić information content (AvgIpc) is 2.96. The number of nitrogens with zero attached hydrogens (tertiary/aromatic N) is 2. The smallest absolute Gasteiger partial charge is 0.153 e. The Morgan fingerprint density at radius 1 is 0.654 bits per heavy atom. The Bertz CT molecular complexity index is 1420. The molecule has 3 aromatic carbocycles. The van der Waals surface area contributed by atoms with Gasteiger partial charge in [-0.2, -0.15) is 0 Å². The van der Waals surface area contributed by atoms with E-state index in [0.29, 0.717) is 0 Å². The van der Waals surface area contributed by atoms with E-state index in [1.54, 1.807) is 0 Å². The molecule has 0 radical (unpaired) electrons. The van der Waals surface area contributed by atoms with Crippen LogP contribution in [0.1, 0.15) is 0 Å². The van der Waals surface area contributed by atoms with Gasteiger partial charge in [-0.25, -0.2) is 0 Å². The highest BCUT2D eigenvalue weighted by Crippen LogP contribution is 2.39. The molecule has 122 valence electrons. The molecule has 0 aliphatic rings. The normalized spacial score (nSPS) is 11.8. The second-order valence-electron chi connectivity index (χ2n) is 6.47. The topological polar surface area (TPSA) is 31.0 Å². The minimum atomic E-state index is 0.801. The van der Waals surface area contributed by atoms with Crippen LogP contribution in [0.3, 0.4) is 0 Å². The minimum Gasteiger partial charge on any atom is -0.454 e. The molecule has 0 aliphatic carbocycles. The van der Waals surface area contributed by atoms with Gasteiger partial charge in [-0.1, -0.05) is 36.4 Å². The Balaban J connectivity index is 1.99. The molecule has 0 saturated heterocycles. The number of fused-ring (bicyclic) bond motifs is 2. The van der Waals surface area contributed by atoms with E-state index < -0.39 is 0 Å². The van der Waals surface area contributed by atoms with Crippen molar-refractivity contribution in [1.29, 1.82) is 0 Å². The Kier molecular flexibility index (Phi) is 2.61. The first-order chi connectivity index (χ1) is 12.9. The highest BCUT2D eigenvalue weighted by Gasteiger charge is 2.18. The molecule has 26 heavy (non-hydrogen) atoms. The third-order valence-electron chi connectivity index (χ3n) is 5.04. The molecule has 0 saturated carbocycles. The van der Waals surface area contributed by atoms with Crippen LogP contribution in [0, 0.1) is 0 Å². The Morgan fingerprint density at radius 2 is 1.42 bits per heavy atom. The van der Waals surface area contributed by atoms with Crippen LogP contribution in [-0.2, 0) is 0 Å². The number of benzene rings is 3. The number of pyridine rings is 1. The Morgan fingerprint density at radius 3 is 2.31 bits per heavy atom. The fraction of sp³-hybridized carbons (Fsp3) is 0. The lowest BCUT2D eigenvalue weighted by Crippen LogP contribution is -1.92. The van der Waals surface area contributed by atoms with E-state index in [9.17, 15) is 0 Å². The molecular formula is C23H14N2O. The third-order valence-corrected chi connectivity index (χ3v) is 5.04. The predicted octanol–water partition coefficient (Wildman–Crippen LogP) is 6.08. The predicted molar refractivity (Wildman–Crippen MR) is 106 cm³/mol. The molecule has 0 spiro atoms. The van der Waals surface area contributed by atoms with Crippen LogP contribution in [-0.4, -0.2) is 9.55 Å². The summed E-state index contributed by atoms with van der Waals surface area (Å²) >= 11 is 0. The third kappa shape index (κ3) is 1.69. The van der Waals surface area contributed by atoms with Gasteiger partial charge in [0.15, 0.2) is 5.58 Å². The molecule has 0 fully saturated rings. The van der Waals surface area contributed by atoms with Crippen LogP contribution in [0.2, 0.25) is 0 Å². The van der Waals surface area contributed by atoms with Crippen molar-refractivity contribution in [3.8, 4) is 5.69 Å². The zero-order valence-corrected chi connectivity index (χ0v) is 13.9. The molecule has 3 aromatic heterocycles. The van der Waals surface area contributed by atoms with Gasteiger partial charge in [0.2, 0.25) is 0 Å². The molecule has 6 rings (SSSR count). The number of aromatic nitrogens is 2. The van der Waals surface area contributed by atoms with Gasteiger partial charge in [0, 0.05) is 22.7 Å². The van der Waals surface area contributed by atoms with Crippen LogP contribution >= 0.6 is 0 Å². The summed E-state index contributed by atoms with van der Waals surface area (Å²) in [6.07, 6.45) is 1.82. The zero-order chi connectivity index (χ0) is 17.1. The van der Waals surface area contributed by atoms with E-state index in [2.05, 4.69) is 64.1 Å². The SMILES string of the molecule is c1ccc(-n2c3cccc4oc5cccnc5c5cccc2c5c43)cc1. The van der Waals surface area contributed by atoms with Crippen molar-refractivity contribution in [3.63, 3.8) is 0 Å². The molecule has 6 aromatic rings. The van der Waals surface area contributed by atoms with Crippen molar-refractivity contribution < 1.29 is 4.42 Å². The maximum Gasteiger partial charge on any atom is 0.153 e. The van der Waals surface area contributed by atoms with Crippen molar-refractivity contribution in [1.82, 2.24) is 9.55 Å². The second kappa shape index (κ2) is 4.96. The van der Waals surface area contributed by atoms with Crippen molar-refractivity contribution in [2.75, 3.05) is 0 Å². The molecule has 0 atom stereocenters. The maximum atomic E-state index is 6.29. The van der Waals surface area contributed by atoms with E-state index in [4.69, 9.17) is 4.42 Å². The van der Waals surface area contributed by atoms with Crippen LogP contribution in [0.4, 0.5) is 0 Å². The summed E-state index contributed by atoms with van der Waals surface area (Å²) in [5, 5.41) is 3.45. The van der Waals surface area contributed by atoms with E-state index in [1.165, 1.54) is 10.9 Å². The van der Waals surface area contributed by atoms with Gasteiger partial charge in [-0.3, -0.25) is 4.98 Å². The number of para-hydroxylation sites is 1. The highest BCUT2D eigenvalue weighted by atomic mass is 16.3. The number of rotatable bonds is 1. The van der Waals surface area contributed by atoms with Crippen LogP contribution in [0.5, 0.6) is 0 Å². The van der Waals surface area contributed by atoms with E-state index in [1.807, 2.05) is 30.5 Å². The first-order valence-corrected chi connectivity index (χ1v) is 8.66. The summed E-state index contributed by atoms with van der Waals surface area (Å²) in [6, 6.07) is 27.0. The van der Waals surface area contributed by atoms with Gasteiger partial charge in [0.05, 0.1) is 16.4 Å². The van der Waals surface area contributed by atoms with Crippen LogP contribution in [0.25, 0.3) is 49.6 Å². The molecule has 0 N–H and O–H groups in total. The van der Waals surface area contributed by atoms with Gasteiger partial charge >= 0.3 is 0 Å². The molecular weight excluding hydrogens is 320 g/mol. The largest absolute Gasteiger partial charge is 0.454 e. The fourth-order valence-electron chi connectivity index (χ4n) is 4.01. The Labute approximate surface area is 149 Å².